The number of allylic oxidation sites excluding steroid dienone is 3. The fourth-order valence-corrected chi connectivity index (χ4v) is 5.81. The Kier molecular flexibility index (Phi) is 9.13. The molecular formula is C32H36ClNO4. The number of carbonyl (C=O) groups excluding carboxylic acids is 1. The van der Waals surface area contributed by atoms with Crippen molar-refractivity contribution in [2.45, 2.75) is 30.6 Å². The summed E-state index contributed by atoms with van der Waals surface area (Å²) in [5, 5.41) is 2.10. The van der Waals surface area contributed by atoms with Gasteiger partial charge in [-0.3, -0.25) is 4.90 Å². The number of rotatable bonds is 9. The molecule has 3 aromatic rings. The highest BCUT2D eigenvalue weighted by Crippen LogP contribution is 2.50. The van der Waals surface area contributed by atoms with Crippen LogP contribution < -0.4 is 4.74 Å². The van der Waals surface area contributed by atoms with Crippen molar-refractivity contribution in [2.75, 3.05) is 40.5 Å². The van der Waals surface area contributed by atoms with E-state index in [9.17, 15) is 4.79 Å². The van der Waals surface area contributed by atoms with Gasteiger partial charge in [-0.05, 0) is 66.0 Å². The van der Waals surface area contributed by atoms with Crippen molar-refractivity contribution in [2.24, 2.45) is 0 Å². The standard InChI is InChI=1S/C32H35NO4.ClH/c1-35-26-13-8-12-25(20-26)30-21-27(37-19-18-33-16-6-3-7-17-33)22-31(36-2)32(30,23-34)29-15-9-11-24-10-4-5-14-28(24)29;/h4-5,8-15,20-23,30H,3,6-7,16-19H2,1-2H3;1H. The minimum atomic E-state index is -1.07. The number of fused-ring (bicyclic) bond motifs is 1. The molecule has 0 N–H and O–H groups in total. The molecule has 2 atom stereocenters. The molecule has 0 radical (unpaired) electrons. The second-order valence-electron chi connectivity index (χ2n) is 9.80. The summed E-state index contributed by atoms with van der Waals surface area (Å²) < 4.78 is 17.9. The summed E-state index contributed by atoms with van der Waals surface area (Å²) in [5.74, 6) is 1.68. The molecule has 6 heteroatoms. The first-order valence-corrected chi connectivity index (χ1v) is 13.1. The Labute approximate surface area is 231 Å². The van der Waals surface area contributed by atoms with Crippen LogP contribution in [0, 0.1) is 0 Å². The van der Waals surface area contributed by atoms with Crippen molar-refractivity contribution >= 4 is 29.5 Å². The van der Waals surface area contributed by atoms with Gasteiger partial charge >= 0.3 is 0 Å². The molecular weight excluding hydrogens is 498 g/mol. The first kappa shape index (κ1) is 27.7. The summed E-state index contributed by atoms with van der Waals surface area (Å²) in [7, 11) is 3.29. The first-order valence-electron chi connectivity index (χ1n) is 13.1. The van der Waals surface area contributed by atoms with E-state index in [1.807, 2.05) is 54.6 Å². The lowest BCUT2D eigenvalue weighted by Crippen LogP contribution is -2.40. The second-order valence-corrected chi connectivity index (χ2v) is 9.80. The van der Waals surface area contributed by atoms with Gasteiger partial charge in [0.2, 0.25) is 0 Å². The second kappa shape index (κ2) is 12.5. The lowest BCUT2D eigenvalue weighted by molar-refractivity contribution is -0.113. The van der Waals surface area contributed by atoms with Crippen LogP contribution in [-0.2, 0) is 19.7 Å². The third-order valence-electron chi connectivity index (χ3n) is 7.72. The summed E-state index contributed by atoms with van der Waals surface area (Å²) in [4.78, 5) is 15.8. The van der Waals surface area contributed by atoms with Crippen molar-refractivity contribution < 1.29 is 19.0 Å². The van der Waals surface area contributed by atoms with E-state index in [1.165, 1.54) is 19.3 Å². The number of methoxy groups -OCH3 is 2. The number of piperidine rings is 1. The van der Waals surface area contributed by atoms with Crippen molar-refractivity contribution in [1.82, 2.24) is 4.90 Å². The zero-order valence-corrected chi connectivity index (χ0v) is 22.9. The van der Waals surface area contributed by atoms with Crippen LogP contribution in [0.25, 0.3) is 10.8 Å². The Morgan fingerprint density at radius 2 is 1.71 bits per heavy atom. The maximum atomic E-state index is 13.3. The number of halogens is 1. The van der Waals surface area contributed by atoms with E-state index >= 15 is 0 Å². The Balaban J connectivity index is 0.00000336. The average Bonchev–Trinajstić information content (AvgIpc) is 2.97. The number of likely N-dealkylation sites (tertiary alicyclic amines) is 1. The summed E-state index contributed by atoms with van der Waals surface area (Å²) in [6, 6.07) is 22.2. The molecule has 0 amide bonds. The van der Waals surface area contributed by atoms with Crippen LogP contribution in [-0.4, -0.2) is 51.6 Å². The molecule has 0 saturated carbocycles. The third kappa shape index (κ3) is 5.31. The molecule has 200 valence electrons. The maximum Gasteiger partial charge on any atom is 0.139 e. The average molecular weight is 534 g/mol. The SMILES string of the molecule is COC1=CC(OCCN2CCCCC2)=CC(c2cccc(OC)c2)C1(C=O)c1cccc2ccccc12.Cl. The van der Waals surface area contributed by atoms with Gasteiger partial charge in [-0.1, -0.05) is 61.0 Å². The molecule has 3 aromatic carbocycles. The van der Waals surface area contributed by atoms with Crippen molar-refractivity contribution in [3.05, 3.63) is 102 Å². The summed E-state index contributed by atoms with van der Waals surface area (Å²) in [6.45, 7) is 3.73. The minimum Gasteiger partial charge on any atom is -0.500 e. The fraction of sp³-hybridized carbons (Fsp3) is 0.344. The third-order valence-corrected chi connectivity index (χ3v) is 7.72. The summed E-state index contributed by atoms with van der Waals surface area (Å²) in [6.07, 6.45) is 8.82. The Hall–Kier alpha value is -3.28. The topological polar surface area (TPSA) is 48.0 Å². The highest BCUT2D eigenvalue weighted by Gasteiger charge is 2.48. The zero-order valence-electron chi connectivity index (χ0n) is 22.1. The molecule has 0 spiro atoms. The molecule has 1 aliphatic heterocycles. The van der Waals surface area contributed by atoms with E-state index in [1.54, 1.807) is 14.2 Å². The number of hydrogen-bond acceptors (Lipinski definition) is 5. The molecule has 1 fully saturated rings. The largest absolute Gasteiger partial charge is 0.500 e. The van der Waals surface area contributed by atoms with Crippen LogP contribution in [0.4, 0.5) is 0 Å². The van der Waals surface area contributed by atoms with Crippen molar-refractivity contribution in [3.8, 4) is 5.75 Å². The van der Waals surface area contributed by atoms with Crippen LogP contribution >= 0.6 is 12.4 Å². The summed E-state index contributed by atoms with van der Waals surface area (Å²) in [5.41, 5.74) is 0.797. The van der Waals surface area contributed by atoms with Gasteiger partial charge in [0.15, 0.2) is 0 Å². The Morgan fingerprint density at radius 3 is 2.47 bits per heavy atom. The molecule has 5 nitrogen and oxygen atoms in total. The van der Waals surface area contributed by atoms with E-state index in [2.05, 4.69) is 29.2 Å². The predicted octanol–water partition coefficient (Wildman–Crippen LogP) is 6.42. The van der Waals surface area contributed by atoms with Gasteiger partial charge in [0.25, 0.3) is 0 Å². The lowest BCUT2D eigenvalue weighted by Gasteiger charge is -2.40. The first-order chi connectivity index (χ1) is 18.2. The number of ether oxygens (including phenoxy) is 3. The molecule has 38 heavy (non-hydrogen) atoms. The number of benzene rings is 3. The smallest absolute Gasteiger partial charge is 0.139 e. The van der Waals surface area contributed by atoms with Gasteiger partial charge in [-0.15, -0.1) is 12.4 Å². The molecule has 5 rings (SSSR count). The van der Waals surface area contributed by atoms with Crippen LogP contribution in [0.1, 0.15) is 36.3 Å². The number of hydrogen-bond donors (Lipinski definition) is 0. The van der Waals surface area contributed by atoms with Crippen LogP contribution in [0.3, 0.4) is 0 Å². The number of nitrogens with zero attached hydrogens (tertiary/aromatic N) is 1. The predicted molar refractivity (Wildman–Crippen MR) is 154 cm³/mol. The van der Waals surface area contributed by atoms with Gasteiger partial charge in [-0.2, -0.15) is 0 Å². The lowest BCUT2D eigenvalue weighted by atomic mass is 9.64. The van der Waals surface area contributed by atoms with Crippen molar-refractivity contribution in [1.29, 1.82) is 0 Å². The van der Waals surface area contributed by atoms with Gasteiger partial charge in [0.1, 0.15) is 35.6 Å². The van der Waals surface area contributed by atoms with E-state index in [-0.39, 0.29) is 18.3 Å². The molecule has 2 unspecified atom stereocenters. The maximum absolute atomic E-state index is 13.3. The Morgan fingerprint density at radius 1 is 0.947 bits per heavy atom. The van der Waals surface area contributed by atoms with E-state index in [4.69, 9.17) is 14.2 Å². The van der Waals surface area contributed by atoms with Crippen LogP contribution in [0.5, 0.6) is 5.75 Å². The monoisotopic (exact) mass is 533 g/mol. The zero-order chi connectivity index (χ0) is 25.7. The van der Waals surface area contributed by atoms with Crippen LogP contribution in [0.2, 0.25) is 0 Å². The summed E-state index contributed by atoms with van der Waals surface area (Å²) >= 11 is 0. The highest BCUT2D eigenvalue weighted by molar-refractivity contribution is 5.93. The fourth-order valence-electron chi connectivity index (χ4n) is 5.81. The van der Waals surface area contributed by atoms with Gasteiger partial charge in [-0.25, -0.2) is 0 Å². The minimum absolute atomic E-state index is 0. The van der Waals surface area contributed by atoms with Crippen molar-refractivity contribution in [3.63, 3.8) is 0 Å². The molecule has 1 heterocycles. The molecule has 1 aliphatic carbocycles. The van der Waals surface area contributed by atoms with Gasteiger partial charge in [0, 0.05) is 18.5 Å². The molecule has 2 aliphatic rings. The van der Waals surface area contributed by atoms with E-state index in [0.717, 1.165) is 59.3 Å². The number of carbonyl (C=O) groups is 1. The quantitative estimate of drug-likeness (QED) is 0.297. The number of aldehydes is 1. The highest BCUT2D eigenvalue weighted by atomic mass is 35.5. The van der Waals surface area contributed by atoms with Gasteiger partial charge in [0.05, 0.1) is 14.2 Å². The van der Waals surface area contributed by atoms with Crippen LogP contribution in [0.15, 0.2) is 90.4 Å². The van der Waals surface area contributed by atoms with E-state index < -0.39 is 5.41 Å². The Bertz CT molecular complexity index is 1310. The molecule has 0 bridgehead atoms. The normalized spacial score (nSPS) is 21.6. The molecule has 0 aromatic heterocycles. The molecule has 1 saturated heterocycles. The van der Waals surface area contributed by atoms with E-state index in [0.29, 0.717) is 12.4 Å². The van der Waals surface area contributed by atoms with Gasteiger partial charge < -0.3 is 19.0 Å².